The molecule has 1 amide bonds. The average Bonchev–Trinajstić information content (AvgIpc) is 3.02. The third-order valence-electron chi connectivity index (χ3n) is 3.67. The number of hydrogen-bond acceptors (Lipinski definition) is 3. The highest BCUT2D eigenvalue weighted by atomic mass is 16.2. The van der Waals surface area contributed by atoms with Crippen molar-refractivity contribution in [3.8, 4) is 0 Å². The highest BCUT2D eigenvalue weighted by Gasteiger charge is 2.23. The van der Waals surface area contributed by atoms with Crippen LogP contribution in [0, 0.1) is 0 Å². The molecule has 0 saturated carbocycles. The van der Waals surface area contributed by atoms with E-state index in [2.05, 4.69) is 4.98 Å². The highest BCUT2D eigenvalue weighted by molar-refractivity contribution is 5.77. The lowest BCUT2D eigenvalue weighted by atomic mass is 10.3. The standard InChI is InChI=1S/C14H18N4O/c15-11-5-7-17(9-11)14(19)6-8-18-10-16-12-3-1-2-4-13(12)18/h1-4,10-11H,5-9,15H2/t11-/m1/s1. The monoisotopic (exact) mass is 258 g/mol. The fourth-order valence-corrected chi connectivity index (χ4v) is 2.58. The molecular weight excluding hydrogens is 240 g/mol. The van der Waals surface area contributed by atoms with E-state index in [4.69, 9.17) is 5.73 Å². The van der Waals surface area contributed by atoms with E-state index in [9.17, 15) is 4.79 Å². The van der Waals surface area contributed by atoms with Gasteiger partial charge < -0.3 is 15.2 Å². The summed E-state index contributed by atoms with van der Waals surface area (Å²) < 4.78 is 2.03. The van der Waals surface area contributed by atoms with E-state index >= 15 is 0 Å². The van der Waals surface area contributed by atoms with Crippen LogP contribution in [0.4, 0.5) is 0 Å². The number of benzene rings is 1. The van der Waals surface area contributed by atoms with Crippen molar-refractivity contribution in [2.24, 2.45) is 5.73 Å². The second kappa shape index (κ2) is 5.01. The number of imidazole rings is 1. The Kier molecular flexibility index (Phi) is 3.21. The molecule has 0 aliphatic carbocycles. The SMILES string of the molecule is N[C@@H]1CCN(C(=O)CCn2cnc3ccccc32)C1. The van der Waals surface area contributed by atoms with Gasteiger partial charge in [0.15, 0.2) is 0 Å². The summed E-state index contributed by atoms with van der Waals surface area (Å²) in [5, 5.41) is 0. The van der Waals surface area contributed by atoms with Crippen LogP contribution < -0.4 is 5.73 Å². The van der Waals surface area contributed by atoms with Gasteiger partial charge in [0.2, 0.25) is 5.91 Å². The van der Waals surface area contributed by atoms with Crippen molar-refractivity contribution in [3.63, 3.8) is 0 Å². The number of rotatable bonds is 3. The number of fused-ring (bicyclic) bond motifs is 1. The molecule has 0 unspecified atom stereocenters. The number of carbonyl (C=O) groups is 1. The molecule has 1 fully saturated rings. The number of carbonyl (C=O) groups excluding carboxylic acids is 1. The van der Waals surface area contributed by atoms with Gasteiger partial charge in [-0.2, -0.15) is 0 Å². The van der Waals surface area contributed by atoms with Crippen LogP contribution in [0.2, 0.25) is 0 Å². The summed E-state index contributed by atoms with van der Waals surface area (Å²) >= 11 is 0. The number of aryl methyl sites for hydroxylation is 1. The molecule has 1 atom stereocenters. The van der Waals surface area contributed by atoms with Crippen molar-refractivity contribution >= 4 is 16.9 Å². The summed E-state index contributed by atoms with van der Waals surface area (Å²) in [5.74, 6) is 0.186. The van der Waals surface area contributed by atoms with Gasteiger partial charge in [0, 0.05) is 32.1 Å². The van der Waals surface area contributed by atoms with Crippen molar-refractivity contribution in [1.82, 2.24) is 14.5 Å². The lowest BCUT2D eigenvalue weighted by Crippen LogP contribution is -2.32. The molecule has 2 N–H and O–H groups in total. The van der Waals surface area contributed by atoms with Gasteiger partial charge in [-0.1, -0.05) is 12.1 Å². The van der Waals surface area contributed by atoms with Crippen LogP contribution in [0.1, 0.15) is 12.8 Å². The van der Waals surface area contributed by atoms with Gasteiger partial charge in [0.25, 0.3) is 0 Å². The molecule has 3 rings (SSSR count). The van der Waals surface area contributed by atoms with Gasteiger partial charge in [-0.15, -0.1) is 0 Å². The Morgan fingerprint density at radius 2 is 2.26 bits per heavy atom. The maximum atomic E-state index is 12.1. The van der Waals surface area contributed by atoms with Gasteiger partial charge in [0.05, 0.1) is 17.4 Å². The van der Waals surface area contributed by atoms with Crippen LogP contribution in [0.25, 0.3) is 11.0 Å². The Balaban J connectivity index is 1.64. The summed E-state index contributed by atoms with van der Waals surface area (Å²) in [6.07, 6.45) is 3.22. The van der Waals surface area contributed by atoms with E-state index in [1.54, 1.807) is 6.33 Å². The zero-order valence-electron chi connectivity index (χ0n) is 10.8. The summed E-state index contributed by atoms with van der Waals surface area (Å²) in [6, 6.07) is 8.11. The number of aromatic nitrogens is 2. The molecule has 1 aliphatic rings. The molecule has 2 heterocycles. The first-order valence-electron chi connectivity index (χ1n) is 6.67. The van der Waals surface area contributed by atoms with Gasteiger partial charge in [-0.3, -0.25) is 4.79 Å². The molecule has 1 saturated heterocycles. The number of nitrogens with two attached hydrogens (primary N) is 1. The Labute approximate surface area is 112 Å². The molecule has 5 nitrogen and oxygen atoms in total. The molecule has 1 aliphatic heterocycles. The quantitative estimate of drug-likeness (QED) is 0.892. The summed E-state index contributed by atoms with van der Waals surface area (Å²) in [4.78, 5) is 18.2. The van der Waals surface area contributed by atoms with Crippen LogP contribution in [0.5, 0.6) is 0 Å². The first kappa shape index (κ1) is 12.2. The van der Waals surface area contributed by atoms with Crippen molar-refractivity contribution in [3.05, 3.63) is 30.6 Å². The molecule has 0 spiro atoms. The molecule has 0 radical (unpaired) electrons. The van der Waals surface area contributed by atoms with E-state index in [1.165, 1.54) is 0 Å². The predicted molar refractivity (Wildman–Crippen MR) is 73.5 cm³/mol. The summed E-state index contributed by atoms with van der Waals surface area (Å²) in [5.41, 5.74) is 7.87. The third kappa shape index (κ3) is 2.46. The minimum atomic E-state index is 0.151. The first-order valence-corrected chi connectivity index (χ1v) is 6.67. The Hall–Kier alpha value is -1.88. The van der Waals surface area contributed by atoms with Gasteiger partial charge in [-0.25, -0.2) is 4.98 Å². The van der Waals surface area contributed by atoms with Crippen LogP contribution in [-0.4, -0.2) is 39.5 Å². The van der Waals surface area contributed by atoms with Crippen LogP contribution in [0.3, 0.4) is 0 Å². The van der Waals surface area contributed by atoms with Crippen LogP contribution >= 0.6 is 0 Å². The molecule has 100 valence electrons. The number of nitrogens with zero attached hydrogens (tertiary/aromatic N) is 3. The van der Waals surface area contributed by atoms with Gasteiger partial charge in [0.1, 0.15) is 0 Å². The summed E-state index contributed by atoms with van der Waals surface area (Å²) in [7, 11) is 0. The zero-order valence-corrected chi connectivity index (χ0v) is 10.8. The minimum Gasteiger partial charge on any atom is -0.341 e. The summed E-state index contributed by atoms with van der Waals surface area (Å²) in [6.45, 7) is 2.17. The third-order valence-corrected chi connectivity index (χ3v) is 3.67. The molecule has 19 heavy (non-hydrogen) atoms. The van der Waals surface area contributed by atoms with E-state index < -0.39 is 0 Å². The lowest BCUT2D eigenvalue weighted by Gasteiger charge is -2.15. The molecule has 5 heteroatoms. The minimum absolute atomic E-state index is 0.151. The van der Waals surface area contributed by atoms with Crippen molar-refractivity contribution in [1.29, 1.82) is 0 Å². The van der Waals surface area contributed by atoms with Gasteiger partial charge in [-0.05, 0) is 18.6 Å². The van der Waals surface area contributed by atoms with Crippen molar-refractivity contribution in [2.45, 2.75) is 25.4 Å². The molecule has 0 bridgehead atoms. The normalized spacial score (nSPS) is 19.2. The second-order valence-corrected chi connectivity index (χ2v) is 5.07. The fraction of sp³-hybridized carbons (Fsp3) is 0.429. The van der Waals surface area contributed by atoms with Crippen LogP contribution in [0.15, 0.2) is 30.6 Å². The first-order chi connectivity index (χ1) is 9.24. The van der Waals surface area contributed by atoms with Gasteiger partial charge >= 0.3 is 0 Å². The molecule has 1 aromatic heterocycles. The van der Waals surface area contributed by atoms with E-state index in [0.29, 0.717) is 19.5 Å². The Bertz CT molecular complexity index is 592. The number of likely N-dealkylation sites (tertiary alicyclic amines) is 1. The highest BCUT2D eigenvalue weighted by Crippen LogP contribution is 2.13. The second-order valence-electron chi connectivity index (χ2n) is 5.07. The van der Waals surface area contributed by atoms with E-state index in [0.717, 1.165) is 24.0 Å². The van der Waals surface area contributed by atoms with Crippen molar-refractivity contribution in [2.75, 3.05) is 13.1 Å². The maximum absolute atomic E-state index is 12.1. The predicted octanol–water partition coefficient (Wildman–Crippen LogP) is 0.986. The smallest absolute Gasteiger partial charge is 0.224 e. The van der Waals surface area contributed by atoms with E-state index in [1.807, 2.05) is 33.7 Å². The fourth-order valence-electron chi connectivity index (χ4n) is 2.58. The average molecular weight is 258 g/mol. The Morgan fingerprint density at radius 3 is 3.05 bits per heavy atom. The largest absolute Gasteiger partial charge is 0.341 e. The number of hydrogen-bond donors (Lipinski definition) is 1. The molecular formula is C14H18N4O. The molecule has 1 aromatic carbocycles. The topological polar surface area (TPSA) is 64.2 Å². The Morgan fingerprint density at radius 1 is 1.42 bits per heavy atom. The van der Waals surface area contributed by atoms with E-state index in [-0.39, 0.29) is 11.9 Å². The zero-order chi connectivity index (χ0) is 13.2. The maximum Gasteiger partial charge on any atom is 0.224 e. The number of para-hydroxylation sites is 2. The van der Waals surface area contributed by atoms with Crippen LogP contribution in [-0.2, 0) is 11.3 Å². The molecule has 2 aromatic rings. The number of amides is 1. The lowest BCUT2D eigenvalue weighted by molar-refractivity contribution is -0.130. The van der Waals surface area contributed by atoms with Crippen molar-refractivity contribution < 1.29 is 4.79 Å².